The average Bonchev–Trinajstić information content (AvgIpc) is 3.19. The molecule has 0 atom stereocenters. The molecule has 9 heteroatoms. The minimum atomic E-state index is -4.33. The second kappa shape index (κ2) is 10.3. The molecule has 0 aliphatic carbocycles. The summed E-state index contributed by atoms with van der Waals surface area (Å²) in [7, 11) is -4.33. The standard InChI is InChI=1S/C28H23N2O6P/c31-26-28(22-13-5-1-6-14-22,23-15-7-2-8-16-23)29-27(32)30(26)21-34-37(33,35-24-17-9-3-10-18-24)36-25-19-11-4-12-20-25/h1-20H,21H2,(H,29,32). The molecule has 1 fully saturated rings. The van der Waals surface area contributed by atoms with Gasteiger partial charge in [-0.3, -0.25) is 4.79 Å². The third-order valence-corrected chi connectivity index (χ3v) is 7.09. The second-order valence-electron chi connectivity index (χ2n) is 8.16. The number of nitrogens with one attached hydrogen (secondary N) is 1. The Bertz CT molecular complexity index is 1330. The summed E-state index contributed by atoms with van der Waals surface area (Å²) >= 11 is 0. The van der Waals surface area contributed by atoms with Crippen LogP contribution in [0.2, 0.25) is 0 Å². The molecule has 0 saturated carbocycles. The third kappa shape index (κ3) is 4.98. The maximum Gasteiger partial charge on any atom is 0.589 e. The molecule has 0 spiro atoms. The maximum absolute atomic E-state index is 13.9. The lowest BCUT2D eigenvalue weighted by atomic mass is 9.83. The zero-order valence-electron chi connectivity index (χ0n) is 19.6. The molecule has 186 valence electrons. The maximum atomic E-state index is 13.9. The van der Waals surface area contributed by atoms with Gasteiger partial charge in [0.25, 0.3) is 5.91 Å². The first kappa shape index (κ1) is 24.3. The summed E-state index contributed by atoms with van der Waals surface area (Å²) in [5, 5.41) is 2.82. The lowest BCUT2D eigenvalue weighted by Gasteiger charge is -2.28. The number of amides is 3. The summed E-state index contributed by atoms with van der Waals surface area (Å²) in [6.07, 6.45) is 0. The number of carbonyl (C=O) groups is 2. The monoisotopic (exact) mass is 514 g/mol. The van der Waals surface area contributed by atoms with Crippen LogP contribution in [0.4, 0.5) is 4.79 Å². The van der Waals surface area contributed by atoms with E-state index in [-0.39, 0.29) is 11.5 Å². The van der Waals surface area contributed by atoms with Gasteiger partial charge in [0.15, 0.2) is 5.54 Å². The number of rotatable bonds is 9. The van der Waals surface area contributed by atoms with E-state index >= 15 is 0 Å². The van der Waals surface area contributed by atoms with Crippen LogP contribution >= 0.6 is 7.82 Å². The summed E-state index contributed by atoms with van der Waals surface area (Å²) in [6, 6.07) is 33.9. The molecule has 1 aliphatic rings. The fourth-order valence-corrected chi connectivity index (χ4v) is 5.21. The Labute approximate surface area is 214 Å². The van der Waals surface area contributed by atoms with Crippen LogP contribution in [0.25, 0.3) is 0 Å². The van der Waals surface area contributed by atoms with Crippen LogP contribution in [0, 0.1) is 0 Å². The van der Waals surface area contributed by atoms with Crippen LogP contribution in [0.15, 0.2) is 121 Å². The lowest BCUT2D eigenvalue weighted by molar-refractivity contribution is -0.132. The molecule has 4 aromatic rings. The first-order valence-corrected chi connectivity index (χ1v) is 13.0. The van der Waals surface area contributed by atoms with Gasteiger partial charge >= 0.3 is 13.9 Å². The number of para-hydroxylation sites is 2. The normalized spacial score (nSPS) is 14.8. The van der Waals surface area contributed by atoms with Gasteiger partial charge in [-0.1, -0.05) is 97.1 Å². The Balaban J connectivity index is 1.44. The zero-order chi connectivity index (χ0) is 25.7. The molecule has 5 rings (SSSR count). The van der Waals surface area contributed by atoms with Crippen molar-refractivity contribution in [3.05, 3.63) is 132 Å². The first-order chi connectivity index (χ1) is 18.0. The molecule has 4 aromatic carbocycles. The van der Waals surface area contributed by atoms with Crippen molar-refractivity contribution >= 4 is 19.8 Å². The molecule has 8 nitrogen and oxygen atoms in total. The molecule has 0 aromatic heterocycles. The Morgan fingerprint density at radius 1 is 0.649 bits per heavy atom. The third-order valence-electron chi connectivity index (χ3n) is 5.78. The van der Waals surface area contributed by atoms with Crippen LogP contribution in [0.3, 0.4) is 0 Å². The summed E-state index contributed by atoms with van der Waals surface area (Å²) in [5.41, 5.74) is -0.328. The van der Waals surface area contributed by atoms with E-state index in [1.165, 1.54) is 0 Å². The number of phosphoric ester groups is 1. The number of benzene rings is 4. The number of imide groups is 1. The van der Waals surface area contributed by atoms with Gasteiger partial charge in [-0.05, 0) is 35.4 Å². The van der Waals surface area contributed by atoms with Gasteiger partial charge in [0.05, 0.1) is 0 Å². The minimum absolute atomic E-state index is 0.238. The SMILES string of the molecule is O=C1NC(c2ccccc2)(c2ccccc2)C(=O)N1COP(=O)(Oc1ccccc1)Oc1ccccc1. The van der Waals surface area contributed by atoms with Crippen LogP contribution in [-0.4, -0.2) is 23.6 Å². The first-order valence-electron chi connectivity index (χ1n) is 11.5. The molecule has 0 radical (unpaired) electrons. The number of hydrogen-bond donors (Lipinski definition) is 1. The lowest BCUT2D eigenvalue weighted by Crippen LogP contribution is -2.45. The Morgan fingerprint density at radius 2 is 1.05 bits per heavy atom. The molecule has 0 unspecified atom stereocenters. The molecular formula is C28H23N2O6P. The number of phosphoric acid groups is 1. The van der Waals surface area contributed by atoms with E-state index in [1.807, 2.05) is 12.1 Å². The van der Waals surface area contributed by atoms with E-state index in [0.717, 1.165) is 4.90 Å². The molecule has 1 heterocycles. The smallest absolute Gasteiger partial charge is 0.395 e. The number of hydrogen-bond acceptors (Lipinski definition) is 6. The summed E-state index contributed by atoms with van der Waals surface area (Å²) < 4.78 is 30.5. The molecule has 3 amide bonds. The van der Waals surface area contributed by atoms with Crippen molar-refractivity contribution in [2.75, 3.05) is 6.73 Å². The largest absolute Gasteiger partial charge is 0.589 e. The summed E-state index contributed by atoms with van der Waals surface area (Å²) in [5.74, 6) is -0.107. The highest BCUT2D eigenvalue weighted by Crippen LogP contribution is 2.50. The number of carbonyl (C=O) groups excluding carboxylic acids is 2. The van der Waals surface area contributed by atoms with E-state index in [2.05, 4.69) is 5.32 Å². The summed E-state index contributed by atoms with van der Waals surface area (Å²) in [6.45, 7) is -0.664. The van der Waals surface area contributed by atoms with E-state index in [1.54, 1.807) is 109 Å². The highest BCUT2D eigenvalue weighted by atomic mass is 31.2. The quantitative estimate of drug-likeness (QED) is 0.227. The van der Waals surface area contributed by atoms with E-state index in [9.17, 15) is 14.2 Å². The van der Waals surface area contributed by atoms with Gasteiger partial charge in [-0.2, -0.15) is 0 Å². The minimum Gasteiger partial charge on any atom is -0.395 e. The van der Waals surface area contributed by atoms with E-state index in [0.29, 0.717) is 11.1 Å². The number of urea groups is 1. The fraction of sp³-hybridized carbons (Fsp3) is 0.0714. The predicted molar refractivity (Wildman–Crippen MR) is 137 cm³/mol. The van der Waals surface area contributed by atoms with Gasteiger partial charge < -0.3 is 14.4 Å². The van der Waals surface area contributed by atoms with Crippen molar-refractivity contribution in [1.29, 1.82) is 0 Å². The van der Waals surface area contributed by atoms with Gasteiger partial charge in [-0.25, -0.2) is 18.8 Å². The van der Waals surface area contributed by atoms with Crippen molar-refractivity contribution in [3.8, 4) is 11.5 Å². The van der Waals surface area contributed by atoms with Crippen molar-refractivity contribution in [2.45, 2.75) is 5.54 Å². The second-order valence-corrected chi connectivity index (χ2v) is 9.68. The Morgan fingerprint density at radius 3 is 1.49 bits per heavy atom. The molecule has 37 heavy (non-hydrogen) atoms. The zero-order valence-corrected chi connectivity index (χ0v) is 20.5. The molecule has 0 bridgehead atoms. The van der Waals surface area contributed by atoms with Crippen LogP contribution in [0.5, 0.6) is 11.5 Å². The molecular weight excluding hydrogens is 491 g/mol. The Kier molecular flexibility index (Phi) is 6.77. The van der Waals surface area contributed by atoms with E-state index in [4.69, 9.17) is 13.6 Å². The highest BCUT2D eigenvalue weighted by molar-refractivity contribution is 7.49. The van der Waals surface area contributed by atoms with Gasteiger partial charge in [-0.15, -0.1) is 0 Å². The number of nitrogens with zero attached hydrogens (tertiary/aromatic N) is 1. The van der Waals surface area contributed by atoms with Crippen molar-refractivity contribution in [2.24, 2.45) is 0 Å². The topological polar surface area (TPSA) is 94.2 Å². The van der Waals surface area contributed by atoms with Gasteiger partial charge in [0.2, 0.25) is 0 Å². The molecule has 1 saturated heterocycles. The highest BCUT2D eigenvalue weighted by Gasteiger charge is 2.54. The van der Waals surface area contributed by atoms with Crippen LogP contribution in [-0.2, 0) is 19.4 Å². The molecule has 1 aliphatic heterocycles. The Hall–Kier alpha value is -4.39. The van der Waals surface area contributed by atoms with Crippen molar-refractivity contribution < 1.29 is 27.7 Å². The average molecular weight is 514 g/mol. The fourth-order valence-electron chi connectivity index (χ4n) is 4.05. The summed E-state index contributed by atoms with van der Waals surface area (Å²) in [4.78, 5) is 27.8. The van der Waals surface area contributed by atoms with Crippen LogP contribution in [0.1, 0.15) is 11.1 Å². The van der Waals surface area contributed by atoms with Crippen molar-refractivity contribution in [1.82, 2.24) is 10.2 Å². The molecule has 1 N–H and O–H groups in total. The predicted octanol–water partition coefficient (Wildman–Crippen LogP) is 5.72. The van der Waals surface area contributed by atoms with Crippen LogP contribution < -0.4 is 14.4 Å². The van der Waals surface area contributed by atoms with Crippen molar-refractivity contribution in [3.63, 3.8) is 0 Å². The van der Waals surface area contributed by atoms with Gasteiger partial charge in [0.1, 0.15) is 18.2 Å². The van der Waals surface area contributed by atoms with Gasteiger partial charge in [0, 0.05) is 0 Å². The van der Waals surface area contributed by atoms with E-state index < -0.39 is 32.0 Å².